The molecule has 0 aliphatic carbocycles. The second-order valence-corrected chi connectivity index (χ2v) is 7.21. The number of piperidine rings is 1. The maximum absolute atomic E-state index is 12.9. The molecule has 29 heavy (non-hydrogen) atoms. The average Bonchev–Trinajstić information content (AvgIpc) is 3.42. The van der Waals surface area contributed by atoms with Crippen LogP contribution in [-0.2, 0) is 16.0 Å². The molecule has 0 radical (unpaired) electrons. The Labute approximate surface area is 167 Å². The van der Waals surface area contributed by atoms with Gasteiger partial charge in [-0.05, 0) is 23.8 Å². The van der Waals surface area contributed by atoms with Crippen LogP contribution >= 0.6 is 0 Å². The van der Waals surface area contributed by atoms with Gasteiger partial charge in [-0.15, -0.1) is 0 Å². The maximum Gasteiger partial charge on any atom is 0.272 e. The number of anilines is 1. The van der Waals surface area contributed by atoms with Crippen molar-refractivity contribution in [3.63, 3.8) is 0 Å². The van der Waals surface area contributed by atoms with Gasteiger partial charge in [0, 0.05) is 38.7 Å². The van der Waals surface area contributed by atoms with Crippen molar-refractivity contribution in [2.45, 2.75) is 25.2 Å². The molecule has 0 atom stereocenters. The summed E-state index contributed by atoms with van der Waals surface area (Å²) in [7, 11) is 0. The SMILES string of the molecule is O=C(c1ccnc(NCc2ccc3c(c2)OCO3)n1)N1CCC2(CC1)OCCO2. The van der Waals surface area contributed by atoms with E-state index in [1.807, 2.05) is 18.2 Å². The number of amides is 1. The molecule has 3 aliphatic heterocycles. The molecule has 0 saturated carbocycles. The van der Waals surface area contributed by atoms with E-state index in [0.29, 0.717) is 57.3 Å². The summed E-state index contributed by atoms with van der Waals surface area (Å²) < 4.78 is 22.2. The Hall–Kier alpha value is -2.91. The monoisotopic (exact) mass is 398 g/mol. The molecule has 1 amide bonds. The van der Waals surface area contributed by atoms with E-state index in [9.17, 15) is 4.79 Å². The number of carbonyl (C=O) groups excluding carboxylic acids is 1. The number of hydrogen-bond acceptors (Lipinski definition) is 8. The Bertz CT molecular complexity index is 905. The fourth-order valence-electron chi connectivity index (χ4n) is 3.79. The predicted octanol–water partition coefficient (Wildman–Crippen LogP) is 1.80. The van der Waals surface area contributed by atoms with Crippen LogP contribution in [0.1, 0.15) is 28.9 Å². The van der Waals surface area contributed by atoms with Crippen molar-refractivity contribution in [1.82, 2.24) is 14.9 Å². The zero-order valence-corrected chi connectivity index (χ0v) is 15.9. The quantitative estimate of drug-likeness (QED) is 0.833. The van der Waals surface area contributed by atoms with Crippen LogP contribution in [-0.4, -0.2) is 59.7 Å². The van der Waals surface area contributed by atoms with E-state index in [2.05, 4.69) is 15.3 Å². The van der Waals surface area contributed by atoms with Crippen LogP contribution in [0.15, 0.2) is 30.5 Å². The predicted molar refractivity (Wildman–Crippen MR) is 102 cm³/mol. The Morgan fingerprint density at radius 1 is 1.10 bits per heavy atom. The van der Waals surface area contributed by atoms with Gasteiger partial charge in [-0.2, -0.15) is 0 Å². The minimum Gasteiger partial charge on any atom is -0.454 e. The fourth-order valence-corrected chi connectivity index (χ4v) is 3.79. The number of fused-ring (bicyclic) bond motifs is 1. The molecule has 9 nitrogen and oxygen atoms in total. The number of rotatable bonds is 4. The lowest BCUT2D eigenvalue weighted by Crippen LogP contribution is -2.47. The van der Waals surface area contributed by atoms with Crippen LogP contribution in [0.5, 0.6) is 11.5 Å². The molecule has 1 aromatic heterocycles. The first-order chi connectivity index (χ1) is 14.2. The molecule has 5 rings (SSSR count). The summed E-state index contributed by atoms with van der Waals surface area (Å²) in [5.41, 5.74) is 1.38. The second-order valence-electron chi connectivity index (χ2n) is 7.21. The Morgan fingerprint density at radius 3 is 2.72 bits per heavy atom. The van der Waals surface area contributed by atoms with Gasteiger partial charge in [-0.3, -0.25) is 4.79 Å². The van der Waals surface area contributed by atoms with Crippen LogP contribution in [0, 0.1) is 0 Å². The smallest absolute Gasteiger partial charge is 0.272 e. The number of aromatic nitrogens is 2. The number of benzene rings is 1. The molecule has 3 aliphatic rings. The molecule has 152 valence electrons. The van der Waals surface area contributed by atoms with Gasteiger partial charge < -0.3 is 29.2 Å². The van der Waals surface area contributed by atoms with Gasteiger partial charge in [0.25, 0.3) is 5.91 Å². The number of nitrogens with one attached hydrogen (secondary N) is 1. The summed E-state index contributed by atoms with van der Waals surface area (Å²) in [6.45, 7) is 3.17. The number of ether oxygens (including phenoxy) is 4. The van der Waals surface area contributed by atoms with Crippen molar-refractivity contribution in [2.75, 3.05) is 38.4 Å². The molecule has 2 fully saturated rings. The molecule has 1 N–H and O–H groups in total. The van der Waals surface area contributed by atoms with Crippen molar-refractivity contribution < 1.29 is 23.7 Å². The van der Waals surface area contributed by atoms with Crippen molar-refractivity contribution in [3.8, 4) is 11.5 Å². The first-order valence-electron chi connectivity index (χ1n) is 9.73. The molecular weight excluding hydrogens is 376 g/mol. The molecule has 1 spiro atoms. The van der Waals surface area contributed by atoms with Crippen LogP contribution in [0.3, 0.4) is 0 Å². The zero-order valence-electron chi connectivity index (χ0n) is 15.9. The summed E-state index contributed by atoms with van der Waals surface area (Å²) >= 11 is 0. The normalized spacial score (nSPS) is 19.5. The molecule has 0 bridgehead atoms. The topological polar surface area (TPSA) is 95.0 Å². The third-order valence-electron chi connectivity index (χ3n) is 5.39. The largest absolute Gasteiger partial charge is 0.454 e. The summed E-state index contributed by atoms with van der Waals surface area (Å²) in [5.74, 6) is 1.28. The van der Waals surface area contributed by atoms with Crippen LogP contribution in [0.4, 0.5) is 5.95 Å². The van der Waals surface area contributed by atoms with Crippen molar-refractivity contribution in [1.29, 1.82) is 0 Å². The van der Waals surface area contributed by atoms with E-state index in [-0.39, 0.29) is 12.7 Å². The summed E-state index contributed by atoms with van der Waals surface area (Å²) in [5, 5.41) is 3.16. The van der Waals surface area contributed by atoms with E-state index in [0.717, 1.165) is 17.1 Å². The van der Waals surface area contributed by atoms with Gasteiger partial charge in [-0.25, -0.2) is 9.97 Å². The highest BCUT2D eigenvalue weighted by Crippen LogP contribution is 2.33. The maximum atomic E-state index is 12.9. The molecule has 0 unspecified atom stereocenters. The summed E-state index contributed by atoms with van der Waals surface area (Å²) in [4.78, 5) is 23.3. The van der Waals surface area contributed by atoms with E-state index >= 15 is 0 Å². The first-order valence-corrected chi connectivity index (χ1v) is 9.73. The molecule has 4 heterocycles. The number of likely N-dealkylation sites (tertiary alicyclic amines) is 1. The second kappa shape index (κ2) is 7.49. The number of hydrogen-bond donors (Lipinski definition) is 1. The Balaban J connectivity index is 1.21. The minimum atomic E-state index is -0.500. The lowest BCUT2D eigenvalue weighted by Gasteiger charge is -2.37. The van der Waals surface area contributed by atoms with E-state index < -0.39 is 5.79 Å². The van der Waals surface area contributed by atoms with Gasteiger partial charge in [0.2, 0.25) is 12.7 Å². The number of carbonyl (C=O) groups is 1. The van der Waals surface area contributed by atoms with Crippen molar-refractivity contribution >= 4 is 11.9 Å². The standard InChI is InChI=1S/C20H22N4O5/c25-18(24-7-4-20(5-8-24)28-9-10-29-20)15-3-6-21-19(23-15)22-12-14-1-2-16-17(11-14)27-13-26-16/h1-3,6,11H,4-5,7-10,12-13H2,(H,21,22,23). The van der Waals surface area contributed by atoms with Crippen LogP contribution < -0.4 is 14.8 Å². The zero-order chi connectivity index (χ0) is 19.7. The Kier molecular flexibility index (Phi) is 4.69. The van der Waals surface area contributed by atoms with E-state index in [4.69, 9.17) is 18.9 Å². The molecular formula is C20H22N4O5. The van der Waals surface area contributed by atoms with Crippen LogP contribution in [0.25, 0.3) is 0 Å². The average molecular weight is 398 g/mol. The van der Waals surface area contributed by atoms with Gasteiger partial charge in [-0.1, -0.05) is 6.07 Å². The van der Waals surface area contributed by atoms with E-state index in [1.54, 1.807) is 17.2 Å². The van der Waals surface area contributed by atoms with Crippen molar-refractivity contribution in [3.05, 3.63) is 41.7 Å². The number of nitrogens with zero attached hydrogens (tertiary/aromatic N) is 3. The Morgan fingerprint density at radius 2 is 1.90 bits per heavy atom. The van der Waals surface area contributed by atoms with Gasteiger partial charge in [0.1, 0.15) is 5.69 Å². The lowest BCUT2D eigenvalue weighted by molar-refractivity contribution is -0.181. The van der Waals surface area contributed by atoms with Crippen molar-refractivity contribution in [2.24, 2.45) is 0 Å². The van der Waals surface area contributed by atoms with Gasteiger partial charge in [0.05, 0.1) is 13.2 Å². The lowest BCUT2D eigenvalue weighted by atomic mass is 10.0. The fraction of sp³-hybridized carbons (Fsp3) is 0.450. The highest BCUT2D eigenvalue weighted by Gasteiger charge is 2.41. The third kappa shape index (κ3) is 3.70. The minimum absolute atomic E-state index is 0.105. The molecule has 9 heteroatoms. The molecule has 2 saturated heterocycles. The van der Waals surface area contributed by atoms with Gasteiger partial charge >= 0.3 is 0 Å². The van der Waals surface area contributed by atoms with E-state index in [1.165, 1.54) is 0 Å². The summed E-state index contributed by atoms with van der Waals surface area (Å²) in [6, 6.07) is 7.38. The highest BCUT2D eigenvalue weighted by atomic mass is 16.7. The first kappa shape index (κ1) is 18.1. The molecule has 2 aromatic rings. The highest BCUT2D eigenvalue weighted by molar-refractivity contribution is 5.92. The van der Waals surface area contributed by atoms with Crippen LogP contribution in [0.2, 0.25) is 0 Å². The third-order valence-corrected chi connectivity index (χ3v) is 5.39. The van der Waals surface area contributed by atoms with Gasteiger partial charge in [0.15, 0.2) is 17.3 Å². The molecule has 1 aromatic carbocycles. The summed E-state index contributed by atoms with van der Waals surface area (Å²) in [6.07, 6.45) is 2.95.